The van der Waals surface area contributed by atoms with E-state index in [1.54, 1.807) is 0 Å². The van der Waals surface area contributed by atoms with E-state index in [9.17, 15) is 8.42 Å². The van der Waals surface area contributed by atoms with Gasteiger partial charge < -0.3 is 4.74 Å². The molecule has 1 rings (SSSR count). The van der Waals surface area contributed by atoms with Crippen molar-refractivity contribution >= 4 is 27.6 Å². The number of hydrogen-bond acceptors (Lipinski definition) is 5. The molecule has 0 aliphatic heterocycles. The highest BCUT2D eigenvalue weighted by molar-refractivity contribution is 7.92. The van der Waals surface area contributed by atoms with Crippen LogP contribution in [-0.4, -0.2) is 31.2 Å². The van der Waals surface area contributed by atoms with Crippen molar-refractivity contribution in [2.45, 2.75) is 0 Å². The van der Waals surface area contributed by atoms with Crippen LogP contribution in [0, 0.1) is 0 Å². The fraction of sp³-hybridized carbons (Fsp3) is 0.250. The lowest BCUT2D eigenvalue weighted by molar-refractivity contribution is 0.397. The molecule has 8 heteroatoms. The van der Waals surface area contributed by atoms with Gasteiger partial charge in [0.2, 0.25) is 21.9 Å². The van der Waals surface area contributed by atoms with E-state index in [-0.39, 0.29) is 22.7 Å². The Bertz CT molecular complexity index is 489. The molecule has 0 bridgehead atoms. The van der Waals surface area contributed by atoms with Gasteiger partial charge in [-0.1, -0.05) is 17.7 Å². The monoisotopic (exact) mass is 263 g/mol. The standard InChI is InChI=1S/C8H10ClN3O3S/c1-3-4-16(13,14)12-8-10-6(9)5-7(11-8)15-2/h3,5H,1,4H2,2H3,(H,10,11,12). The van der Waals surface area contributed by atoms with Crippen molar-refractivity contribution in [1.29, 1.82) is 0 Å². The molecule has 0 atom stereocenters. The summed E-state index contributed by atoms with van der Waals surface area (Å²) in [4.78, 5) is 7.48. The second kappa shape index (κ2) is 5.13. The summed E-state index contributed by atoms with van der Waals surface area (Å²) in [6, 6.07) is 1.37. The minimum Gasteiger partial charge on any atom is -0.481 e. The molecule has 0 aliphatic rings. The van der Waals surface area contributed by atoms with Gasteiger partial charge in [-0.15, -0.1) is 6.58 Å². The normalized spacial score (nSPS) is 10.9. The van der Waals surface area contributed by atoms with Gasteiger partial charge in [0.15, 0.2) is 0 Å². The van der Waals surface area contributed by atoms with Crippen LogP contribution in [0.2, 0.25) is 5.15 Å². The Morgan fingerprint density at radius 3 is 2.88 bits per heavy atom. The van der Waals surface area contributed by atoms with Gasteiger partial charge in [-0.05, 0) is 0 Å². The van der Waals surface area contributed by atoms with E-state index in [0.29, 0.717) is 0 Å². The second-order valence-corrected chi connectivity index (χ2v) is 4.88. The molecule has 0 spiro atoms. The number of halogens is 1. The molecule has 6 nitrogen and oxygen atoms in total. The Labute approximate surface area is 98.4 Å². The first-order valence-corrected chi connectivity index (χ1v) is 6.20. The molecule has 0 radical (unpaired) electrons. The Morgan fingerprint density at radius 1 is 1.62 bits per heavy atom. The highest BCUT2D eigenvalue weighted by Gasteiger charge is 2.11. The molecule has 0 fully saturated rings. The average molecular weight is 264 g/mol. The molecule has 1 heterocycles. The Morgan fingerprint density at radius 2 is 2.31 bits per heavy atom. The molecule has 0 aliphatic carbocycles. The number of hydrogen-bond donors (Lipinski definition) is 1. The number of aromatic nitrogens is 2. The summed E-state index contributed by atoms with van der Waals surface area (Å²) in [7, 11) is -2.14. The average Bonchev–Trinajstić information content (AvgIpc) is 2.15. The molecule has 1 aromatic heterocycles. The third-order valence-corrected chi connectivity index (χ3v) is 2.83. The van der Waals surface area contributed by atoms with Gasteiger partial charge in [-0.2, -0.15) is 4.98 Å². The fourth-order valence-electron chi connectivity index (χ4n) is 0.883. The molecule has 0 amide bonds. The number of anilines is 1. The molecule has 0 saturated carbocycles. The molecule has 0 unspecified atom stereocenters. The van der Waals surface area contributed by atoms with E-state index in [4.69, 9.17) is 16.3 Å². The highest BCUT2D eigenvalue weighted by atomic mass is 35.5. The van der Waals surface area contributed by atoms with Gasteiger partial charge in [0, 0.05) is 6.07 Å². The molecular weight excluding hydrogens is 254 g/mol. The van der Waals surface area contributed by atoms with Gasteiger partial charge in [0.05, 0.1) is 12.9 Å². The van der Waals surface area contributed by atoms with Crippen molar-refractivity contribution in [2.24, 2.45) is 0 Å². The Hall–Kier alpha value is -1.34. The topological polar surface area (TPSA) is 81.2 Å². The summed E-state index contributed by atoms with van der Waals surface area (Å²) < 4.78 is 29.7. The third kappa shape index (κ3) is 3.67. The van der Waals surface area contributed by atoms with Crippen LogP contribution in [0.4, 0.5) is 5.95 Å². The summed E-state index contributed by atoms with van der Waals surface area (Å²) in [5, 5.41) is 0.0863. The number of ether oxygens (including phenoxy) is 1. The molecule has 0 saturated heterocycles. The van der Waals surface area contributed by atoms with Crippen LogP contribution in [0.5, 0.6) is 5.88 Å². The van der Waals surface area contributed by atoms with E-state index in [2.05, 4.69) is 21.3 Å². The summed E-state index contributed by atoms with van der Waals surface area (Å²) >= 11 is 5.65. The number of nitrogens with one attached hydrogen (secondary N) is 1. The molecule has 1 aromatic rings. The lowest BCUT2D eigenvalue weighted by atomic mass is 10.6. The number of nitrogens with zero attached hydrogens (tertiary/aromatic N) is 2. The predicted molar refractivity (Wildman–Crippen MR) is 61.2 cm³/mol. The van der Waals surface area contributed by atoms with Gasteiger partial charge in [0.1, 0.15) is 5.15 Å². The molecule has 88 valence electrons. The third-order valence-electron chi connectivity index (χ3n) is 1.46. The minimum atomic E-state index is -3.53. The number of rotatable bonds is 5. The van der Waals surface area contributed by atoms with Gasteiger partial charge in [0.25, 0.3) is 0 Å². The molecule has 0 aromatic carbocycles. The van der Waals surface area contributed by atoms with Crippen LogP contribution < -0.4 is 9.46 Å². The molecule has 16 heavy (non-hydrogen) atoms. The first kappa shape index (κ1) is 12.7. The number of methoxy groups -OCH3 is 1. The van der Waals surface area contributed by atoms with Crippen molar-refractivity contribution in [1.82, 2.24) is 9.97 Å². The maximum Gasteiger partial charge on any atom is 0.241 e. The van der Waals surface area contributed by atoms with Crippen LogP contribution in [0.25, 0.3) is 0 Å². The van der Waals surface area contributed by atoms with Crippen LogP contribution in [-0.2, 0) is 10.0 Å². The van der Waals surface area contributed by atoms with Crippen LogP contribution in [0.1, 0.15) is 0 Å². The summed E-state index contributed by atoms with van der Waals surface area (Å²) in [6.45, 7) is 3.33. The molecule has 1 N–H and O–H groups in total. The van der Waals surface area contributed by atoms with Gasteiger partial charge in [-0.3, -0.25) is 4.72 Å². The van der Waals surface area contributed by atoms with E-state index in [1.807, 2.05) is 0 Å². The first-order chi connectivity index (χ1) is 7.46. The smallest absolute Gasteiger partial charge is 0.241 e. The van der Waals surface area contributed by atoms with Crippen LogP contribution in [0.15, 0.2) is 18.7 Å². The Kier molecular flexibility index (Phi) is 4.08. The SMILES string of the molecule is C=CCS(=O)(=O)Nc1nc(Cl)cc(OC)n1. The predicted octanol–water partition coefficient (Wildman–Crippen LogP) is 1.07. The second-order valence-electron chi connectivity index (χ2n) is 2.73. The summed E-state index contributed by atoms with van der Waals surface area (Å²) in [6.07, 6.45) is 1.25. The lowest BCUT2D eigenvalue weighted by Crippen LogP contribution is -2.17. The minimum absolute atomic E-state index is 0.0863. The maximum absolute atomic E-state index is 11.4. The van der Waals surface area contributed by atoms with E-state index >= 15 is 0 Å². The zero-order valence-electron chi connectivity index (χ0n) is 8.47. The summed E-state index contributed by atoms with van der Waals surface area (Å²) in [5.41, 5.74) is 0. The quantitative estimate of drug-likeness (QED) is 0.635. The van der Waals surface area contributed by atoms with E-state index < -0.39 is 10.0 Å². The molecular formula is C8H10ClN3O3S. The van der Waals surface area contributed by atoms with Crippen molar-refractivity contribution in [3.63, 3.8) is 0 Å². The zero-order chi connectivity index (χ0) is 12.2. The van der Waals surface area contributed by atoms with E-state index in [1.165, 1.54) is 19.3 Å². The van der Waals surface area contributed by atoms with Crippen molar-refractivity contribution in [2.75, 3.05) is 17.6 Å². The zero-order valence-corrected chi connectivity index (χ0v) is 10.0. The number of sulfonamides is 1. The van der Waals surface area contributed by atoms with Gasteiger partial charge in [-0.25, -0.2) is 13.4 Å². The van der Waals surface area contributed by atoms with E-state index in [0.717, 1.165) is 0 Å². The first-order valence-electron chi connectivity index (χ1n) is 4.17. The van der Waals surface area contributed by atoms with Crippen molar-refractivity contribution in [3.8, 4) is 5.88 Å². The fourth-order valence-corrected chi connectivity index (χ4v) is 1.82. The van der Waals surface area contributed by atoms with Gasteiger partial charge >= 0.3 is 0 Å². The highest BCUT2D eigenvalue weighted by Crippen LogP contribution is 2.16. The van der Waals surface area contributed by atoms with Crippen molar-refractivity contribution in [3.05, 3.63) is 23.9 Å². The van der Waals surface area contributed by atoms with Crippen molar-refractivity contribution < 1.29 is 13.2 Å². The lowest BCUT2D eigenvalue weighted by Gasteiger charge is -2.06. The van der Waals surface area contributed by atoms with Crippen LogP contribution >= 0.6 is 11.6 Å². The maximum atomic E-state index is 11.4. The Balaban J connectivity index is 2.97. The van der Waals surface area contributed by atoms with Crippen LogP contribution in [0.3, 0.4) is 0 Å². The summed E-state index contributed by atoms with van der Waals surface area (Å²) in [5.74, 6) is -0.187. The largest absolute Gasteiger partial charge is 0.481 e.